The first-order valence-electron chi connectivity index (χ1n) is 28.4. The van der Waals surface area contributed by atoms with Crippen LogP contribution in [0.25, 0.3) is 33.4 Å². The van der Waals surface area contributed by atoms with Crippen LogP contribution < -0.4 is 0 Å². The average Bonchev–Trinajstić information content (AvgIpc) is 2.11. The predicted octanol–water partition coefficient (Wildman–Crippen LogP) is 17.2. The van der Waals surface area contributed by atoms with Crippen molar-refractivity contribution in [2.24, 2.45) is 0 Å². The Hall–Kier alpha value is -10.4. The number of hydrogen-bond donors (Lipinski definition) is 8. The summed E-state index contributed by atoms with van der Waals surface area (Å²) in [5, 5.41) is 99.7. The molecular formula is C76H60O8. The lowest BCUT2D eigenvalue weighted by molar-refractivity contribution is 0.431. The standard InChI is InChI=1S/C76H60O8/c77-65-41-67(79)59-37-57(65)73(53-29-21-49(22-30-53)45-13-5-1-6-14-45)58-38-60(68(80)42-66(58)78)75(55-33-25-51(26-34-55)47-17-9-3-10-18-47)62-40-64(72(84)44-70(62)82)76(56-35-27-52(28-36-56)48-19-11-4-12-20-48)63-39-61(69(81)43-71(63)83)74(59)54-31-23-50(24-32-54)46-15-7-2-8-16-46/h1-7,9,11-15,17,19-44,73-84H,8,10,16,18H2. The van der Waals surface area contributed by atoms with E-state index in [2.05, 4.69) is 24.3 Å². The molecule has 412 valence electrons. The summed E-state index contributed by atoms with van der Waals surface area (Å²) in [6, 6.07) is 63.4. The smallest absolute Gasteiger partial charge is 0.123 e. The van der Waals surface area contributed by atoms with Crippen molar-refractivity contribution in [3.05, 3.63) is 321 Å². The number of aromatic hydroxyl groups is 8. The average molecular weight is 1100 g/mol. The molecule has 0 unspecified atom stereocenters. The summed E-state index contributed by atoms with van der Waals surface area (Å²) in [6.45, 7) is 0. The Morgan fingerprint density at radius 2 is 0.464 bits per heavy atom. The van der Waals surface area contributed by atoms with Gasteiger partial charge in [-0.3, -0.25) is 0 Å². The first-order chi connectivity index (χ1) is 40.9. The van der Waals surface area contributed by atoms with Gasteiger partial charge in [0, 0.05) is 92.4 Å². The summed E-state index contributed by atoms with van der Waals surface area (Å²) in [6.07, 6.45) is 16.1. The summed E-state index contributed by atoms with van der Waals surface area (Å²) in [5.41, 5.74) is 13.1. The van der Waals surface area contributed by atoms with Crippen LogP contribution >= 0.6 is 0 Å². The van der Waals surface area contributed by atoms with Crippen LogP contribution in [0.15, 0.2) is 243 Å². The maximum Gasteiger partial charge on any atom is 0.123 e. The van der Waals surface area contributed by atoms with E-state index in [9.17, 15) is 40.9 Å². The third-order valence-electron chi connectivity index (χ3n) is 17.2. The monoisotopic (exact) mass is 1100 g/mol. The summed E-state index contributed by atoms with van der Waals surface area (Å²) in [5.74, 6) is -6.22. The first-order valence-corrected chi connectivity index (χ1v) is 28.4. The summed E-state index contributed by atoms with van der Waals surface area (Å²) < 4.78 is 0. The van der Waals surface area contributed by atoms with Gasteiger partial charge >= 0.3 is 0 Å². The lowest BCUT2D eigenvalue weighted by Gasteiger charge is -2.30. The van der Waals surface area contributed by atoms with Crippen LogP contribution in [0, 0.1) is 0 Å². The molecule has 0 atom stereocenters. The van der Waals surface area contributed by atoms with Crippen molar-refractivity contribution in [1.29, 1.82) is 0 Å². The fourth-order valence-corrected chi connectivity index (χ4v) is 12.9. The first kappa shape index (κ1) is 52.9. The van der Waals surface area contributed by atoms with E-state index in [0.29, 0.717) is 44.5 Å². The van der Waals surface area contributed by atoms with Crippen molar-refractivity contribution >= 4 is 11.1 Å². The van der Waals surface area contributed by atoms with Gasteiger partial charge in [0.2, 0.25) is 0 Å². The van der Waals surface area contributed by atoms with E-state index in [1.54, 1.807) is 24.3 Å². The van der Waals surface area contributed by atoms with Crippen LogP contribution in [-0.2, 0) is 0 Å². The van der Waals surface area contributed by atoms with E-state index in [4.69, 9.17) is 0 Å². The van der Waals surface area contributed by atoms with Crippen LogP contribution in [0.4, 0.5) is 0 Å². The van der Waals surface area contributed by atoms with Gasteiger partial charge in [0.25, 0.3) is 0 Å². The van der Waals surface area contributed by atoms with E-state index in [1.165, 1.54) is 24.3 Å². The highest BCUT2D eigenvalue weighted by Gasteiger charge is 2.35. The van der Waals surface area contributed by atoms with Crippen molar-refractivity contribution in [2.45, 2.75) is 49.4 Å². The molecule has 0 amide bonds. The van der Waals surface area contributed by atoms with Gasteiger partial charge in [-0.05, 0) is 117 Å². The van der Waals surface area contributed by atoms with Gasteiger partial charge in [0.05, 0.1) is 0 Å². The number of allylic oxidation sites excluding steroid dienone is 8. The highest BCUT2D eigenvalue weighted by molar-refractivity contribution is 5.73. The van der Waals surface area contributed by atoms with Crippen LogP contribution in [0.3, 0.4) is 0 Å². The normalized spacial score (nSPS) is 17.3. The quantitative estimate of drug-likeness (QED) is 0.0746. The van der Waals surface area contributed by atoms with Crippen molar-refractivity contribution in [3.63, 3.8) is 0 Å². The van der Waals surface area contributed by atoms with E-state index >= 15 is 0 Å². The van der Waals surface area contributed by atoms with Crippen molar-refractivity contribution in [1.82, 2.24) is 0 Å². The number of phenols is 8. The Kier molecular flexibility index (Phi) is 13.9. The van der Waals surface area contributed by atoms with Gasteiger partial charge in [-0.2, -0.15) is 0 Å². The van der Waals surface area contributed by atoms with Crippen LogP contribution in [0.2, 0.25) is 0 Å². The number of rotatable bonds is 8. The lowest BCUT2D eigenvalue weighted by atomic mass is 9.75. The van der Waals surface area contributed by atoms with Crippen LogP contribution in [0.1, 0.15) is 127 Å². The SMILES string of the molecule is Oc1cc(O)c2cc1C(c1ccc(C3=CC=CCC3)cc1)c1cc(c(O)cc1O)C(c1ccc(-c3ccccc3)cc1)c1cc(c(O)cc1O)C(c1ccc(C3=CC=CCC3)cc1)c1cc(c(O)cc1O)C2c1ccc(-c2ccccc2)cc1. The van der Waals surface area contributed by atoms with Gasteiger partial charge in [0.1, 0.15) is 46.0 Å². The fraction of sp³-hybridized carbons (Fsp3) is 0.105. The molecule has 0 fully saturated rings. The van der Waals surface area contributed by atoms with Crippen molar-refractivity contribution in [2.75, 3.05) is 0 Å². The number of hydrogen-bond acceptors (Lipinski definition) is 8. The molecule has 0 radical (unpaired) electrons. The Balaban J connectivity index is 1.12. The Morgan fingerprint density at radius 1 is 0.238 bits per heavy atom. The zero-order valence-electron chi connectivity index (χ0n) is 45.8. The molecule has 84 heavy (non-hydrogen) atoms. The van der Waals surface area contributed by atoms with E-state index in [1.807, 2.05) is 170 Å². The molecule has 0 saturated heterocycles. The van der Waals surface area contributed by atoms with Gasteiger partial charge in [-0.25, -0.2) is 0 Å². The van der Waals surface area contributed by atoms with Gasteiger partial charge in [-0.15, -0.1) is 0 Å². The second kappa shape index (κ2) is 22.1. The summed E-state index contributed by atoms with van der Waals surface area (Å²) in [4.78, 5) is 0. The zero-order valence-corrected chi connectivity index (χ0v) is 45.8. The lowest BCUT2D eigenvalue weighted by Crippen LogP contribution is -2.13. The van der Waals surface area contributed by atoms with E-state index in [0.717, 1.165) is 70.2 Å². The minimum absolute atomic E-state index is 0.285. The molecule has 3 aliphatic rings. The van der Waals surface area contributed by atoms with Gasteiger partial charge < -0.3 is 40.9 Å². The maximum atomic E-state index is 12.5. The highest BCUT2D eigenvalue weighted by Crippen LogP contribution is 2.54. The van der Waals surface area contributed by atoms with E-state index < -0.39 is 23.7 Å². The summed E-state index contributed by atoms with van der Waals surface area (Å²) >= 11 is 0. The number of phenolic OH excluding ortho intramolecular Hbond substituents is 8. The molecule has 0 spiro atoms. The molecule has 8 bridgehead atoms. The van der Waals surface area contributed by atoms with Crippen LogP contribution in [0.5, 0.6) is 46.0 Å². The third kappa shape index (κ3) is 9.92. The van der Waals surface area contributed by atoms with Gasteiger partial charge in [-0.1, -0.05) is 194 Å². The third-order valence-corrected chi connectivity index (χ3v) is 17.2. The molecular weight excluding hydrogens is 1040 g/mol. The Labute approximate surface area is 487 Å². The summed E-state index contributed by atoms with van der Waals surface area (Å²) in [7, 11) is 0. The molecule has 0 aliphatic heterocycles. The second-order valence-electron chi connectivity index (χ2n) is 22.1. The maximum absolute atomic E-state index is 12.5. The van der Waals surface area contributed by atoms with Crippen molar-refractivity contribution < 1.29 is 40.9 Å². The molecule has 10 aromatic carbocycles. The molecule has 10 aromatic rings. The number of fused-ring (bicyclic) bond motifs is 8. The minimum Gasteiger partial charge on any atom is -0.507 e. The zero-order chi connectivity index (χ0) is 57.6. The topological polar surface area (TPSA) is 162 Å². The van der Waals surface area contributed by atoms with E-state index in [-0.39, 0.29) is 68.2 Å². The molecule has 8 nitrogen and oxygen atoms in total. The predicted molar refractivity (Wildman–Crippen MR) is 332 cm³/mol. The van der Waals surface area contributed by atoms with Gasteiger partial charge in [0.15, 0.2) is 0 Å². The van der Waals surface area contributed by atoms with Crippen molar-refractivity contribution in [3.8, 4) is 68.2 Å². The molecule has 0 aromatic heterocycles. The molecule has 0 heterocycles. The Morgan fingerprint density at radius 3 is 0.690 bits per heavy atom. The fourth-order valence-electron chi connectivity index (χ4n) is 12.9. The molecule has 13 rings (SSSR count). The highest BCUT2D eigenvalue weighted by atomic mass is 16.3. The minimum atomic E-state index is -0.985. The molecule has 3 aliphatic carbocycles. The Bertz CT molecular complexity index is 3860. The molecule has 0 saturated carbocycles. The molecule has 8 heteroatoms. The van der Waals surface area contributed by atoms with Crippen LogP contribution in [-0.4, -0.2) is 40.9 Å². The number of benzene rings is 10. The second-order valence-corrected chi connectivity index (χ2v) is 22.1. The molecule has 8 N–H and O–H groups in total. The largest absolute Gasteiger partial charge is 0.507 e.